The van der Waals surface area contributed by atoms with Crippen LogP contribution in [0.5, 0.6) is 0 Å². The monoisotopic (exact) mass is 366 g/mol. The lowest BCUT2D eigenvalue weighted by molar-refractivity contribution is -0.132. The molecule has 2 heterocycles. The van der Waals surface area contributed by atoms with E-state index in [0.29, 0.717) is 17.9 Å². The molecule has 27 heavy (non-hydrogen) atoms. The largest absolute Gasteiger partial charge is 0.341 e. The molecule has 1 fully saturated rings. The normalized spacial score (nSPS) is 17.5. The second kappa shape index (κ2) is 9.28. The molecule has 0 radical (unpaired) electrons. The minimum absolute atomic E-state index is 0.0188. The summed E-state index contributed by atoms with van der Waals surface area (Å²) in [5.41, 5.74) is 1.48. The van der Waals surface area contributed by atoms with Crippen molar-refractivity contribution in [2.24, 2.45) is 5.92 Å². The van der Waals surface area contributed by atoms with Crippen molar-refractivity contribution in [1.82, 2.24) is 20.5 Å². The van der Waals surface area contributed by atoms with Gasteiger partial charge in [0.1, 0.15) is 6.04 Å². The van der Waals surface area contributed by atoms with Crippen LogP contribution in [0.4, 0.5) is 0 Å². The maximum atomic E-state index is 13.1. The average molecular weight is 366 g/mol. The molecule has 1 aliphatic heterocycles. The molecule has 6 heteroatoms. The number of pyridine rings is 1. The highest BCUT2D eigenvalue weighted by atomic mass is 16.2. The maximum Gasteiger partial charge on any atom is 0.253 e. The van der Waals surface area contributed by atoms with Gasteiger partial charge in [-0.25, -0.2) is 0 Å². The lowest BCUT2D eigenvalue weighted by atomic mass is 10.0. The van der Waals surface area contributed by atoms with Crippen molar-refractivity contribution in [1.29, 1.82) is 0 Å². The minimum atomic E-state index is -0.589. The molecule has 0 saturated carbocycles. The third-order valence-electron chi connectivity index (χ3n) is 4.90. The summed E-state index contributed by atoms with van der Waals surface area (Å²) in [6, 6.07) is 12.6. The van der Waals surface area contributed by atoms with Crippen molar-refractivity contribution in [3.63, 3.8) is 0 Å². The smallest absolute Gasteiger partial charge is 0.253 e. The molecule has 2 N–H and O–H groups in total. The van der Waals surface area contributed by atoms with E-state index in [-0.39, 0.29) is 11.8 Å². The number of carbonyl (C=O) groups is 2. The Morgan fingerprint density at radius 1 is 1.22 bits per heavy atom. The van der Waals surface area contributed by atoms with E-state index < -0.39 is 6.04 Å². The number of carbonyl (C=O) groups excluding carboxylic acids is 2. The molecule has 3 rings (SSSR count). The van der Waals surface area contributed by atoms with Crippen molar-refractivity contribution in [2.75, 3.05) is 26.7 Å². The molecule has 2 aromatic rings. The first-order valence-corrected chi connectivity index (χ1v) is 9.35. The van der Waals surface area contributed by atoms with Gasteiger partial charge in [0.05, 0.1) is 5.56 Å². The fourth-order valence-corrected chi connectivity index (χ4v) is 3.50. The van der Waals surface area contributed by atoms with Crippen LogP contribution >= 0.6 is 0 Å². The topological polar surface area (TPSA) is 74.3 Å². The Bertz CT molecular complexity index is 751. The standard InChI is InChI=1S/C21H26N4O2/c1-22-13-17-9-11-25(15-17)21(27)19(12-16-6-3-2-4-7-16)24-20(26)18-8-5-10-23-14-18/h2-8,10,14,17,19,22H,9,11-13,15H2,1H3,(H,24,26). The summed E-state index contributed by atoms with van der Waals surface area (Å²) in [4.78, 5) is 31.6. The Morgan fingerprint density at radius 2 is 2.04 bits per heavy atom. The van der Waals surface area contributed by atoms with E-state index in [9.17, 15) is 9.59 Å². The maximum absolute atomic E-state index is 13.1. The molecular weight excluding hydrogens is 340 g/mol. The Kier molecular flexibility index (Phi) is 6.54. The zero-order chi connectivity index (χ0) is 19.1. The van der Waals surface area contributed by atoms with Crippen LogP contribution in [0.25, 0.3) is 0 Å². The highest BCUT2D eigenvalue weighted by Gasteiger charge is 2.31. The molecule has 2 amide bonds. The zero-order valence-corrected chi connectivity index (χ0v) is 15.6. The lowest BCUT2D eigenvalue weighted by Gasteiger charge is -2.25. The number of amides is 2. The van der Waals surface area contributed by atoms with Crippen molar-refractivity contribution in [3.05, 3.63) is 66.0 Å². The Hall–Kier alpha value is -2.73. The number of benzene rings is 1. The van der Waals surface area contributed by atoms with Crippen LogP contribution in [-0.4, -0.2) is 54.4 Å². The van der Waals surface area contributed by atoms with Crippen molar-refractivity contribution >= 4 is 11.8 Å². The predicted octanol–water partition coefficient (Wildman–Crippen LogP) is 1.49. The van der Waals surface area contributed by atoms with Gasteiger partial charge in [0.2, 0.25) is 5.91 Å². The van der Waals surface area contributed by atoms with Gasteiger partial charge in [-0.15, -0.1) is 0 Å². The van der Waals surface area contributed by atoms with Gasteiger partial charge in [0.15, 0.2) is 0 Å². The van der Waals surface area contributed by atoms with Gasteiger partial charge < -0.3 is 15.5 Å². The summed E-state index contributed by atoms with van der Waals surface area (Å²) in [5.74, 6) is 0.170. The minimum Gasteiger partial charge on any atom is -0.341 e. The first-order chi connectivity index (χ1) is 13.2. The highest BCUT2D eigenvalue weighted by Crippen LogP contribution is 2.17. The number of hydrogen-bond donors (Lipinski definition) is 2. The van der Waals surface area contributed by atoms with Crippen LogP contribution in [0, 0.1) is 5.92 Å². The summed E-state index contributed by atoms with van der Waals surface area (Å²) < 4.78 is 0. The summed E-state index contributed by atoms with van der Waals surface area (Å²) in [6.45, 7) is 2.36. The second-order valence-corrected chi connectivity index (χ2v) is 6.95. The van der Waals surface area contributed by atoms with Gasteiger partial charge in [-0.1, -0.05) is 30.3 Å². The first kappa shape index (κ1) is 19.0. The number of nitrogens with one attached hydrogen (secondary N) is 2. The number of rotatable bonds is 7. The molecule has 2 atom stereocenters. The summed E-state index contributed by atoms with van der Waals surface area (Å²) in [6.07, 6.45) is 4.59. The third-order valence-corrected chi connectivity index (χ3v) is 4.90. The SMILES string of the molecule is CNCC1CCN(C(=O)C(Cc2ccccc2)NC(=O)c2cccnc2)C1. The van der Waals surface area contributed by atoms with Crippen LogP contribution in [-0.2, 0) is 11.2 Å². The van der Waals surface area contributed by atoms with Crippen molar-refractivity contribution < 1.29 is 9.59 Å². The van der Waals surface area contributed by atoms with Crippen LogP contribution in [0.3, 0.4) is 0 Å². The lowest BCUT2D eigenvalue weighted by Crippen LogP contribution is -2.49. The molecule has 0 bridgehead atoms. The van der Waals surface area contributed by atoms with Crippen LogP contribution < -0.4 is 10.6 Å². The molecular formula is C21H26N4O2. The second-order valence-electron chi connectivity index (χ2n) is 6.95. The fourth-order valence-electron chi connectivity index (χ4n) is 3.50. The third kappa shape index (κ3) is 5.14. The summed E-state index contributed by atoms with van der Waals surface area (Å²) in [5, 5.41) is 6.10. The molecule has 1 aromatic heterocycles. The molecule has 1 saturated heterocycles. The van der Waals surface area contributed by atoms with E-state index in [4.69, 9.17) is 0 Å². The van der Waals surface area contributed by atoms with E-state index in [0.717, 1.165) is 31.6 Å². The fraction of sp³-hybridized carbons (Fsp3) is 0.381. The van der Waals surface area contributed by atoms with E-state index in [1.807, 2.05) is 42.3 Å². The number of nitrogens with zero attached hydrogens (tertiary/aromatic N) is 2. The summed E-state index contributed by atoms with van der Waals surface area (Å²) >= 11 is 0. The van der Waals surface area contributed by atoms with E-state index in [2.05, 4.69) is 15.6 Å². The molecule has 2 unspecified atom stereocenters. The quantitative estimate of drug-likeness (QED) is 0.779. The number of aromatic nitrogens is 1. The Morgan fingerprint density at radius 3 is 2.74 bits per heavy atom. The molecule has 0 aliphatic carbocycles. The molecule has 6 nitrogen and oxygen atoms in total. The Labute approximate surface area is 160 Å². The molecule has 1 aliphatic rings. The number of hydrogen-bond acceptors (Lipinski definition) is 4. The molecule has 142 valence electrons. The van der Waals surface area contributed by atoms with Crippen LogP contribution in [0.15, 0.2) is 54.9 Å². The van der Waals surface area contributed by atoms with Gasteiger partial charge >= 0.3 is 0 Å². The van der Waals surface area contributed by atoms with Crippen LogP contribution in [0.2, 0.25) is 0 Å². The van der Waals surface area contributed by atoms with E-state index >= 15 is 0 Å². The van der Waals surface area contributed by atoms with Crippen LogP contribution in [0.1, 0.15) is 22.3 Å². The van der Waals surface area contributed by atoms with Gasteiger partial charge in [-0.05, 0) is 43.6 Å². The highest BCUT2D eigenvalue weighted by molar-refractivity contribution is 5.97. The van der Waals surface area contributed by atoms with Gasteiger partial charge in [-0.3, -0.25) is 14.6 Å². The van der Waals surface area contributed by atoms with Gasteiger partial charge in [-0.2, -0.15) is 0 Å². The van der Waals surface area contributed by atoms with Gasteiger partial charge in [0, 0.05) is 31.9 Å². The van der Waals surface area contributed by atoms with Crippen molar-refractivity contribution in [3.8, 4) is 0 Å². The predicted molar refractivity (Wildman–Crippen MR) is 104 cm³/mol. The number of likely N-dealkylation sites (tertiary alicyclic amines) is 1. The van der Waals surface area contributed by atoms with Gasteiger partial charge in [0.25, 0.3) is 5.91 Å². The van der Waals surface area contributed by atoms with E-state index in [1.165, 1.54) is 6.20 Å². The zero-order valence-electron chi connectivity index (χ0n) is 15.6. The molecule has 0 spiro atoms. The average Bonchev–Trinajstić information content (AvgIpc) is 3.17. The first-order valence-electron chi connectivity index (χ1n) is 9.35. The van der Waals surface area contributed by atoms with Crippen molar-refractivity contribution in [2.45, 2.75) is 18.9 Å². The van der Waals surface area contributed by atoms with E-state index in [1.54, 1.807) is 18.3 Å². The molecule has 1 aromatic carbocycles. The summed E-state index contributed by atoms with van der Waals surface area (Å²) in [7, 11) is 1.93. The Balaban J connectivity index is 1.73.